The summed E-state index contributed by atoms with van der Waals surface area (Å²) in [6.45, 7) is 2.36. The number of fused-ring (bicyclic) bond motifs is 1. The molecule has 0 amide bonds. The number of aromatic hydroxyl groups is 1. The Morgan fingerprint density at radius 3 is 2.51 bits per heavy atom. The second kappa shape index (κ2) is 9.45. The van der Waals surface area contributed by atoms with Gasteiger partial charge in [0.1, 0.15) is 11.4 Å². The van der Waals surface area contributed by atoms with E-state index in [1.807, 2.05) is 0 Å². The molecule has 37 heavy (non-hydrogen) atoms. The van der Waals surface area contributed by atoms with E-state index in [1.165, 1.54) is 33.1 Å². The topological polar surface area (TPSA) is 138 Å². The summed E-state index contributed by atoms with van der Waals surface area (Å²) >= 11 is 0. The molecule has 2 aromatic heterocycles. The third kappa shape index (κ3) is 4.68. The van der Waals surface area contributed by atoms with E-state index in [9.17, 15) is 23.4 Å². The summed E-state index contributed by atoms with van der Waals surface area (Å²) in [5.41, 5.74) is -0.819. The number of hydrogen-bond donors (Lipinski definition) is 3. The number of aliphatic hydroxyl groups is 1. The summed E-state index contributed by atoms with van der Waals surface area (Å²) in [6, 6.07) is 6.57. The van der Waals surface area contributed by atoms with Gasteiger partial charge in [-0.2, -0.15) is 9.29 Å². The molecule has 1 aliphatic carbocycles. The Kier molecular flexibility index (Phi) is 6.43. The molecule has 2 fully saturated rings. The maximum atomic E-state index is 13.2. The lowest BCUT2D eigenvalue weighted by atomic mass is 9.99. The molecule has 1 saturated carbocycles. The van der Waals surface area contributed by atoms with Gasteiger partial charge in [0.2, 0.25) is 16.0 Å². The van der Waals surface area contributed by atoms with Crippen molar-refractivity contribution in [1.29, 1.82) is 0 Å². The van der Waals surface area contributed by atoms with Crippen LogP contribution >= 0.6 is 0 Å². The summed E-state index contributed by atoms with van der Waals surface area (Å²) in [5.74, 6) is 2.77. The first-order valence-electron chi connectivity index (χ1n) is 12.3. The number of terminal acetylenes is 1. The number of rotatable bonds is 5. The molecule has 10 nitrogen and oxygen atoms in total. The lowest BCUT2D eigenvalue weighted by molar-refractivity contribution is 0.0266. The highest BCUT2D eigenvalue weighted by molar-refractivity contribution is 7.89. The third-order valence-corrected chi connectivity index (χ3v) is 9.29. The number of nitrogens with one attached hydrogen (secondary N) is 1. The van der Waals surface area contributed by atoms with Crippen molar-refractivity contribution >= 4 is 27.0 Å². The fourth-order valence-corrected chi connectivity index (χ4v) is 6.78. The molecule has 0 radical (unpaired) electrons. The van der Waals surface area contributed by atoms with Gasteiger partial charge in [0, 0.05) is 30.7 Å². The van der Waals surface area contributed by atoms with Crippen molar-refractivity contribution in [2.45, 2.75) is 61.6 Å². The van der Waals surface area contributed by atoms with Gasteiger partial charge >= 0.3 is 0 Å². The Balaban J connectivity index is 1.38. The van der Waals surface area contributed by atoms with Crippen LogP contribution < -0.4 is 10.9 Å². The zero-order valence-electron chi connectivity index (χ0n) is 20.5. The number of phenolic OH excluding ortho intramolecular Hbond substituents is 1. The van der Waals surface area contributed by atoms with Gasteiger partial charge < -0.3 is 15.5 Å². The minimum absolute atomic E-state index is 0.00900. The molecular weight excluding hydrogens is 494 g/mol. The van der Waals surface area contributed by atoms with Crippen molar-refractivity contribution in [3.8, 4) is 18.1 Å². The molecule has 0 unspecified atom stereocenters. The van der Waals surface area contributed by atoms with Gasteiger partial charge in [-0.3, -0.25) is 9.36 Å². The van der Waals surface area contributed by atoms with Gasteiger partial charge in [-0.25, -0.2) is 13.4 Å². The van der Waals surface area contributed by atoms with E-state index in [2.05, 4.69) is 21.2 Å². The maximum absolute atomic E-state index is 13.2. The largest absolute Gasteiger partial charge is 0.508 e. The Labute approximate surface area is 215 Å². The van der Waals surface area contributed by atoms with Crippen LogP contribution in [-0.2, 0) is 10.0 Å². The lowest BCUT2D eigenvalue weighted by Crippen LogP contribution is -2.42. The molecule has 1 aliphatic heterocycles. The molecule has 5 rings (SSSR count). The van der Waals surface area contributed by atoms with Crippen molar-refractivity contribution in [2.75, 3.05) is 18.4 Å². The molecule has 1 aromatic carbocycles. The highest BCUT2D eigenvalue weighted by atomic mass is 32.2. The Morgan fingerprint density at radius 2 is 1.89 bits per heavy atom. The number of hydrogen-bond acceptors (Lipinski definition) is 8. The molecule has 2 aliphatic rings. The predicted octanol–water partition coefficient (Wildman–Crippen LogP) is 2.22. The summed E-state index contributed by atoms with van der Waals surface area (Å²) in [7, 11) is -3.66. The van der Waals surface area contributed by atoms with Gasteiger partial charge in [0.05, 0.1) is 22.1 Å². The molecule has 3 aromatic rings. The van der Waals surface area contributed by atoms with Gasteiger partial charge in [-0.05, 0) is 69.4 Å². The summed E-state index contributed by atoms with van der Waals surface area (Å²) in [5, 5.41) is 24.3. The molecule has 0 spiro atoms. The quantitative estimate of drug-likeness (QED) is 0.433. The Bertz CT molecular complexity index is 1530. The van der Waals surface area contributed by atoms with Crippen LogP contribution in [0.2, 0.25) is 0 Å². The normalized spacial score (nSPS) is 23.2. The number of nitrogens with zero attached hydrogens (tertiary/aromatic N) is 4. The van der Waals surface area contributed by atoms with Crippen LogP contribution in [0.1, 0.15) is 50.6 Å². The second-order valence-corrected chi connectivity index (χ2v) is 11.9. The molecular formula is C26H29N5O5S. The van der Waals surface area contributed by atoms with Crippen LogP contribution in [0.4, 0.5) is 5.95 Å². The first-order chi connectivity index (χ1) is 17.6. The van der Waals surface area contributed by atoms with Crippen LogP contribution in [0.3, 0.4) is 0 Å². The average Bonchev–Trinajstić information content (AvgIpc) is 3.22. The predicted molar refractivity (Wildman–Crippen MR) is 139 cm³/mol. The Morgan fingerprint density at radius 1 is 1.19 bits per heavy atom. The minimum atomic E-state index is -3.66. The van der Waals surface area contributed by atoms with Crippen LogP contribution in [0.25, 0.3) is 11.0 Å². The number of benzene rings is 1. The third-order valence-electron chi connectivity index (χ3n) is 7.38. The zero-order chi connectivity index (χ0) is 26.4. The molecule has 11 heteroatoms. The SMILES string of the molecule is C#Cc1cc2cnc(NC3CCN(S(=O)(=O)c4ccc(O)cc4)CC3)nc2n([C@@H]2CCC[C@@]2(C)O)c1=O. The van der Waals surface area contributed by atoms with E-state index >= 15 is 0 Å². The number of piperidine rings is 1. The summed E-state index contributed by atoms with van der Waals surface area (Å²) < 4.78 is 28.8. The van der Waals surface area contributed by atoms with Crippen molar-refractivity contribution in [3.63, 3.8) is 0 Å². The number of pyridine rings is 1. The van der Waals surface area contributed by atoms with Crippen LogP contribution in [0.15, 0.2) is 46.2 Å². The average molecular weight is 524 g/mol. The van der Waals surface area contributed by atoms with Crippen LogP contribution in [0.5, 0.6) is 5.75 Å². The maximum Gasteiger partial charge on any atom is 0.268 e. The van der Waals surface area contributed by atoms with E-state index in [4.69, 9.17) is 6.42 Å². The second-order valence-electron chi connectivity index (χ2n) is 9.93. The Hall–Kier alpha value is -3.46. The summed E-state index contributed by atoms with van der Waals surface area (Å²) in [4.78, 5) is 22.4. The fourth-order valence-electron chi connectivity index (χ4n) is 5.31. The van der Waals surface area contributed by atoms with Gasteiger partial charge in [-0.15, -0.1) is 6.42 Å². The van der Waals surface area contributed by atoms with Gasteiger partial charge in [0.25, 0.3) is 5.56 Å². The van der Waals surface area contributed by atoms with Crippen molar-refractivity contribution in [1.82, 2.24) is 18.8 Å². The molecule has 3 N–H and O–H groups in total. The lowest BCUT2D eigenvalue weighted by Gasteiger charge is -2.32. The first kappa shape index (κ1) is 25.2. The van der Waals surface area contributed by atoms with E-state index in [1.54, 1.807) is 19.2 Å². The highest BCUT2D eigenvalue weighted by Crippen LogP contribution is 2.39. The molecule has 3 heterocycles. The van der Waals surface area contributed by atoms with E-state index in [0.29, 0.717) is 55.8 Å². The van der Waals surface area contributed by atoms with Crippen molar-refractivity contribution < 1.29 is 18.6 Å². The fraction of sp³-hybridized carbons (Fsp3) is 0.423. The van der Waals surface area contributed by atoms with E-state index in [-0.39, 0.29) is 27.8 Å². The molecule has 0 bridgehead atoms. The van der Waals surface area contributed by atoms with Crippen LogP contribution in [0, 0.1) is 12.3 Å². The zero-order valence-corrected chi connectivity index (χ0v) is 21.3. The highest BCUT2D eigenvalue weighted by Gasteiger charge is 2.40. The van der Waals surface area contributed by atoms with Gasteiger partial charge in [-0.1, -0.05) is 5.92 Å². The first-order valence-corrected chi connectivity index (χ1v) is 13.7. The van der Waals surface area contributed by atoms with Gasteiger partial charge in [0.15, 0.2) is 0 Å². The molecule has 2 atom stereocenters. The van der Waals surface area contributed by atoms with Crippen molar-refractivity contribution in [3.05, 3.63) is 52.4 Å². The number of aromatic nitrogens is 3. The monoisotopic (exact) mass is 523 g/mol. The van der Waals surface area contributed by atoms with Crippen molar-refractivity contribution in [2.24, 2.45) is 0 Å². The minimum Gasteiger partial charge on any atom is -0.508 e. The summed E-state index contributed by atoms with van der Waals surface area (Å²) in [6.07, 6.45) is 10.3. The molecule has 1 saturated heterocycles. The van der Waals surface area contributed by atoms with Crippen LogP contribution in [-0.4, -0.2) is 62.2 Å². The smallest absolute Gasteiger partial charge is 0.268 e. The number of phenols is 1. The number of sulfonamides is 1. The molecule has 194 valence electrons. The van der Waals surface area contributed by atoms with E-state index < -0.39 is 21.7 Å². The standard InChI is InChI=1S/C26H29N5O5S/c1-3-17-15-18-16-27-25(29-23(18)31(24(17)33)22-5-4-12-26(22,2)34)28-19-10-13-30(14-11-19)37(35,36)21-8-6-20(32)7-9-21/h1,6-9,15-16,19,22,32,34H,4-5,10-14H2,2H3,(H,27,28,29)/t22-,26-/m1/s1. The number of anilines is 1. The van der Waals surface area contributed by atoms with E-state index in [0.717, 1.165) is 6.42 Å².